The summed E-state index contributed by atoms with van der Waals surface area (Å²) < 4.78 is 1.77. The number of H-pyrrole nitrogens is 1. The van der Waals surface area contributed by atoms with Gasteiger partial charge in [0, 0.05) is 34.2 Å². The first-order valence-electron chi connectivity index (χ1n) is 10.3. The highest BCUT2D eigenvalue weighted by Gasteiger charge is 2.13. The summed E-state index contributed by atoms with van der Waals surface area (Å²) in [6.07, 6.45) is 1.87. The Labute approximate surface area is 204 Å². The molecule has 1 amide bonds. The van der Waals surface area contributed by atoms with Crippen LogP contribution in [0.2, 0.25) is 5.15 Å². The van der Waals surface area contributed by atoms with Crippen LogP contribution in [0.15, 0.2) is 70.8 Å². The first kappa shape index (κ1) is 21.9. The zero-order valence-corrected chi connectivity index (χ0v) is 19.8. The van der Waals surface area contributed by atoms with Crippen molar-refractivity contribution in [1.82, 2.24) is 29.8 Å². The standard InChI is InChI=1S/C23H19ClN8OS/c1-13-5-10-17(20(24)25-13)22(33)26-15-6-8-16(9-7-15)34-23-28-21(18-4-3-11-32(18)31-23)27-19-12-14(2)29-30-19/h3-12H,1-2H3,(H,26,33)(H2,27,28,29,30,31). The molecule has 0 spiro atoms. The molecule has 0 bridgehead atoms. The number of hydrogen-bond acceptors (Lipinski definition) is 7. The van der Waals surface area contributed by atoms with Gasteiger partial charge in [0.25, 0.3) is 5.91 Å². The van der Waals surface area contributed by atoms with Gasteiger partial charge in [0.1, 0.15) is 10.7 Å². The number of hydrogen-bond donors (Lipinski definition) is 3. The first-order valence-corrected chi connectivity index (χ1v) is 11.5. The van der Waals surface area contributed by atoms with Gasteiger partial charge in [0.05, 0.1) is 5.56 Å². The number of amides is 1. The molecule has 1 aromatic carbocycles. The van der Waals surface area contributed by atoms with Crippen molar-refractivity contribution in [2.45, 2.75) is 23.9 Å². The molecule has 0 aliphatic carbocycles. The molecule has 0 radical (unpaired) electrons. The molecule has 0 aliphatic rings. The third kappa shape index (κ3) is 4.73. The highest BCUT2D eigenvalue weighted by atomic mass is 35.5. The van der Waals surface area contributed by atoms with Crippen LogP contribution in [-0.2, 0) is 0 Å². The van der Waals surface area contributed by atoms with Crippen LogP contribution in [0.3, 0.4) is 0 Å². The van der Waals surface area contributed by atoms with Crippen LogP contribution in [0.4, 0.5) is 17.3 Å². The molecular formula is C23H19ClN8OS. The van der Waals surface area contributed by atoms with Crippen molar-refractivity contribution in [3.63, 3.8) is 0 Å². The Bertz CT molecular complexity index is 1490. The normalized spacial score (nSPS) is 11.0. The summed E-state index contributed by atoms with van der Waals surface area (Å²) in [4.78, 5) is 22.2. The number of aromatic nitrogens is 6. The number of aryl methyl sites for hydroxylation is 2. The summed E-state index contributed by atoms with van der Waals surface area (Å²) in [6.45, 7) is 3.75. The minimum Gasteiger partial charge on any atom is -0.322 e. The second kappa shape index (κ2) is 9.16. The van der Waals surface area contributed by atoms with Gasteiger partial charge in [-0.3, -0.25) is 9.89 Å². The Morgan fingerprint density at radius 1 is 1.09 bits per heavy atom. The Kier molecular flexibility index (Phi) is 5.91. The van der Waals surface area contributed by atoms with Crippen molar-refractivity contribution < 1.29 is 4.79 Å². The SMILES string of the molecule is Cc1ccc(C(=O)Nc2ccc(Sc3nc(Nc4cc(C)[nH]n4)c4cccn4n3)cc2)c(Cl)n1. The minimum atomic E-state index is -0.316. The van der Waals surface area contributed by atoms with Crippen molar-refractivity contribution in [3.8, 4) is 0 Å². The van der Waals surface area contributed by atoms with Crippen LogP contribution in [0, 0.1) is 13.8 Å². The van der Waals surface area contributed by atoms with E-state index in [-0.39, 0.29) is 11.1 Å². The number of nitrogens with one attached hydrogen (secondary N) is 3. The molecule has 0 fully saturated rings. The molecule has 5 rings (SSSR count). The monoisotopic (exact) mass is 490 g/mol. The van der Waals surface area contributed by atoms with Crippen molar-refractivity contribution in [2.75, 3.05) is 10.6 Å². The number of anilines is 3. The minimum absolute atomic E-state index is 0.177. The van der Waals surface area contributed by atoms with E-state index in [0.717, 1.165) is 21.8 Å². The summed E-state index contributed by atoms with van der Waals surface area (Å²) in [5.74, 6) is 1.02. The number of halogens is 1. The summed E-state index contributed by atoms with van der Waals surface area (Å²) >= 11 is 7.51. The van der Waals surface area contributed by atoms with Crippen LogP contribution in [0.25, 0.3) is 5.52 Å². The van der Waals surface area contributed by atoms with E-state index in [9.17, 15) is 4.79 Å². The molecule has 34 heavy (non-hydrogen) atoms. The van der Waals surface area contributed by atoms with Crippen molar-refractivity contribution in [2.24, 2.45) is 0 Å². The van der Waals surface area contributed by atoms with E-state index in [1.807, 2.05) is 62.5 Å². The number of pyridine rings is 1. The molecule has 4 aromatic heterocycles. The number of fused-ring (bicyclic) bond motifs is 1. The van der Waals surface area contributed by atoms with Gasteiger partial charge in [-0.2, -0.15) is 5.10 Å². The van der Waals surface area contributed by atoms with Gasteiger partial charge >= 0.3 is 0 Å². The average Bonchev–Trinajstić information content (AvgIpc) is 3.44. The summed E-state index contributed by atoms with van der Waals surface area (Å²) in [7, 11) is 0. The highest BCUT2D eigenvalue weighted by Crippen LogP contribution is 2.29. The molecule has 9 nitrogen and oxygen atoms in total. The highest BCUT2D eigenvalue weighted by molar-refractivity contribution is 7.99. The lowest BCUT2D eigenvalue weighted by Crippen LogP contribution is -2.13. The van der Waals surface area contributed by atoms with Gasteiger partial charge in [0.15, 0.2) is 11.6 Å². The smallest absolute Gasteiger partial charge is 0.258 e. The Hall–Kier alpha value is -3.89. The molecule has 170 valence electrons. The molecule has 0 unspecified atom stereocenters. The molecule has 0 saturated heterocycles. The molecule has 0 aliphatic heterocycles. The van der Waals surface area contributed by atoms with Gasteiger partial charge in [-0.1, -0.05) is 11.6 Å². The van der Waals surface area contributed by atoms with Gasteiger partial charge in [-0.15, -0.1) is 5.10 Å². The third-order valence-electron chi connectivity index (χ3n) is 4.88. The van der Waals surface area contributed by atoms with E-state index in [2.05, 4.69) is 35.9 Å². The predicted molar refractivity (Wildman–Crippen MR) is 132 cm³/mol. The maximum Gasteiger partial charge on any atom is 0.258 e. The molecule has 0 saturated carbocycles. The molecule has 0 atom stereocenters. The lowest BCUT2D eigenvalue weighted by molar-refractivity contribution is 0.102. The first-order chi connectivity index (χ1) is 16.4. The summed E-state index contributed by atoms with van der Waals surface area (Å²) in [6, 6.07) is 16.6. The van der Waals surface area contributed by atoms with E-state index in [1.54, 1.807) is 16.6 Å². The maximum absolute atomic E-state index is 12.5. The lowest BCUT2D eigenvalue weighted by Gasteiger charge is -2.09. The fourth-order valence-electron chi connectivity index (χ4n) is 3.26. The zero-order valence-electron chi connectivity index (χ0n) is 18.2. The van der Waals surface area contributed by atoms with E-state index < -0.39 is 0 Å². The number of nitrogens with zero attached hydrogens (tertiary/aromatic N) is 5. The second-order valence-corrected chi connectivity index (χ2v) is 8.91. The lowest BCUT2D eigenvalue weighted by atomic mass is 10.2. The number of rotatable bonds is 6. The van der Waals surface area contributed by atoms with Gasteiger partial charge < -0.3 is 10.6 Å². The fraction of sp³-hybridized carbons (Fsp3) is 0.0870. The quantitative estimate of drug-likeness (QED) is 0.278. The van der Waals surface area contributed by atoms with E-state index in [4.69, 9.17) is 11.6 Å². The number of carbonyl (C=O) groups is 1. The molecule has 3 N–H and O–H groups in total. The largest absolute Gasteiger partial charge is 0.322 e. The van der Waals surface area contributed by atoms with E-state index in [0.29, 0.717) is 28.0 Å². The summed E-state index contributed by atoms with van der Waals surface area (Å²) in [5, 5.41) is 18.5. The van der Waals surface area contributed by atoms with Gasteiger partial charge in [0.2, 0.25) is 5.16 Å². The van der Waals surface area contributed by atoms with Crippen LogP contribution in [0.5, 0.6) is 0 Å². The van der Waals surface area contributed by atoms with Crippen LogP contribution >= 0.6 is 23.4 Å². The Morgan fingerprint density at radius 3 is 2.65 bits per heavy atom. The molecule has 5 aromatic rings. The maximum atomic E-state index is 12.5. The van der Waals surface area contributed by atoms with Crippen molar-refractivity contribution in [1.29, 1.82) is 0 Å². The van der Waals surface area contributed by atoms with E-state index >= 15 is 0 Å². The van der Waals surface area contributed by atoms with Crippen molar-refractivity contribution in [3.05, 3.63) is 82.9 Å². The molecule has 11 heteroatoms. The topological polar surface area (TPSA) is 113 Å². The van der Waals surface area contributed by atoms with Crippen LogP contribution < -0.4 is 10.6 Å². The van der Waals surface area contributed by atoms with E-state index in [1.165, 1.54) is 11.8 Å². The Morgan fingerprint density at radius 2 is 1.91 bits per heavy atom. The van der Waals surface area contributed by atoms with Gasteiger partial charge in [-0.05, 0) is 74.1 Å². The third-order valence-corrected chi connectivity index (χ3v) is 6.03. The average molecular weight is 491 g/mol. The van der Waals surface area contributed by atoms with Crippen LogP contribution in [-0.4, -0.2) is 35.7 Å². The van der Waals surface area contributed by atoms with Crippen molar-refractivity contribution >= 4 is 52.1 Å². The molecular weight excluding hydrogens is 472 g/mol. The number of benzene rings is 1. The second-order valence-electron chi connectivity index (χ2n) is 7.51. The zero-order chi connectivity index (χ0) is 23.7. The Balaban J connectivity index is 1.32. The fourth-order valence-corrected chi connectivity index (χ4v) is 4.29. The summed E-state index contributed by atoms with van der Waals surface area (Å²) in [5.41, 5.74) is 3.51. The molecule has 4 heterocycles. The number of aromatic amines is 1. The van der Waals surface area contributed by atoms with Gasteiger partial charge in [-0.25, -0.2) is 14.5 Å². The number of carbonyl (C=O) groups excluding carboxylic acids is 1. The predicted octanol–water partition coefficient (Wildman–Crippen LogP) is 5.26. The van der Waals surface area contributed by atoms with Crippen LogP contribution in [0.1, 0.15) is 21.7 Å².